The van der Waals surface area contributed by atoms with E-state index >= 15 is 0 Å². The Kier molecular flexibility index (Phi) is 3.64. The van der Waals surface area contributed by atoms with Crippen LogP contribution in [0.2, 0.25) is 0 Å². The van der Waals surface area contributed by atoms with Crippen molar-refractivity contribution in [3.05, 3.63) is 29.1 Å². The van der Waals surface area contributed by atoms with Crippen LogP contribution in [0.4, 0.5) is 0 Å². The number of nitrogens with zero attached hydrogens (tertiary/aromatic N) is 2. The van der Waals surface area contributed by atoms with Crippen LogP contribution in [0, 0.1) is 6.92 Å². The first-order valence-corrected chi connectivity index (χ1v) is 5.12. The number of pyridine rings is 1. The lowest BCUT2D eigenvalue weighted by Crippen LogP contribution is -2.14. The molecule has 0 saturated carbocycles. The molecule has 1 aromatic rings. The molecule has 0 fully saturated rings. The lowest BCUT2D eigenvalue weighted by molar-refractivity contribution is 0.395. The molecule has 0 aliphatic carbocycles. The van der Waals surface area contributed by atoms with Gasteiger partial charge < -0.3 is 4.90 Å². The number of hydrogen-bond donors (Lipinski definition) is 0. The van der Waals surface area contributed by atoms with Crippen LogP contribution >= 0.6 is 0 Å². The second-order valence-electron chi connectivity index (χ2n) is 4.39. The maximum absolute atomic E-state index is 4.67. The van der Waals surface area contributed by atoms with Gasteiger partial charge in [0.05, 0.1) is 5.69 Å². The molecule has 2 heteroatoms. The predicted octanol–water partition coefficient (Wildman–Crippen LogP) is 2.58. The van der Waals surface area contributed by atoms with Gasteiger partial charge in [0.25, 0.3) is 0 Å². The Morgan fingerprint density at radius 1 is 1.29 bits per heavy atom. The SMILES string of the molecule is Cc1ccc(C(C)C)nc1CN(C)C. The van der Waals surface area contributed by atoms with E-state index in [1.165, 1.54) is 17.0 Å². The minimum Gasteiger partial charge on any atom is -0.304 e. The van der Waals surface area contributed by atoms with Crippen molar-refractivity contribution < 1.29 is 0 Å². The molecule has 0 saturated heterocycles. The smallest absolute Gasteiger partial charge is 0.0576 e. The van der Waals surface area contributed by atoms with Crippen molar-refractivity contribution in [1.82, 2.24) is 9.88 Å². The largest absolute Gasteiger partial charge is 0.304 e. The first-order chi connectivity index (χ1) is 6.50. The summed E-state index contributed by atoms with van der Waals surface area (Å²) in [4.78, 5) is 6.82. The van der Waals surface area contributed by atoms with Crippen molar-refractivity contribution in [2.45, 2.75) is 33.2 Å². The number of aromatic nitrogens is 1. The predicted molar refractivity (Wildman–Crippen MR) is 60.5 cm³/mol. The highest BCUT2D eigenvalue weighted by atomic mass is 15.1. The first kappa shape index (κ1) is 11.2. The molecule has 0 amide bonds. The summed E-state index contributed by atoms with van der Waals surface area (Å²) in [6.07, 6.45) is 0. The van der Waals surface area contributed by atoms with E-state index in [2.05, 4.69) is 56.9 Å². The molecule has 1 rings (SSSR count). The molecule has 0 aliphatic heterocycles. The van der Waals surface area contributed by atoms with Gasteiger partial charge in [-0.05, 0) is 38.6 Å². The van der Waals surface area contributed by atoms with E-state index in [1.54, 1.807) is 0 Å². The van der Waals surface area contributed by atoms with Crippen LogP contribution in [0.1, 0.15) is 36.7 Å². The molecule has 1 aromatic heterocycles. The highest BCUT2D eigenvalue weighted by Crippen LogP contribution is 2.15. The Hall–Kier alpha value is -0.890. The molecule has 78 valence electrons. The van der Waals surface area contributed by atoms with Gasteiger partial charge in [0.15, 0.2) is 0 Å². The Morgan fingerprint density at radius 2 is 1.93 bits per heavy atom. The van der Waals surface area contributed by atoms with Crippen molar-refractivity contribution in [3.63, 3.8) is 0 Å². The maximum Gasteiger partial charge on any atom is 0.0576 e. The monoisotopic (exact) mass is 192 g/mol. The van der Waals surface area contributed by atoms with E-state index in [9.17, 15) is 0 Å². The number of aryl methyl sites for hydroxylation is 1. The molecular weight excluding hydrogens is 172 g/mol. The summed E-state index contributed by atoms with van der Waals surface area (Å²) in [6, 6.07) is 4.29. The van der Waals surface area contributed by atoms with Crippen molar-refractivity contribution >= 4 is 0 Å². The molecule has 0 radical (unpaired) electrons. The molecule has 0 spiro atoms. The van der Waals surface area contributed by atoms with E-state index < -0.39 is 0 Å². The van der Waals surface area contributed by atoms with Crippen LogP contribution in [0.25, 0.3) is 0 Å². The molecule has 0 atom stereocenters. The van der Waals surface area contributed by atoms with Crippen molar-refractivity contribution in [2.24, 2.45) is 0 Å². The van der Waals surface area contributed by atoms with E-state index in [1.807, 2.05) is 0 Å². The van der Waals surface area contributed by atoms with Gasteiger partial charge in [0.2, 0.25) is 0 Å². The van der Waals surface area contributed by atoms with Gasteiger partial charge in [0.1, 0.15) is 0 Å². The van der Waals surface area contributed by atoms with Crippen molar-refractivity contribution in [1.29, 1.82) is 0 Å². The molecule has 14 heavy (non-hydrogen) atoms. The van der Waals surface area contributed by atoms with Gasteiger partial charge in [-0.3, -0.25) is 4.98 Å². The van der Waals surface area contributed by atoms with Crippen LogP contribution in [-0.2, 0) is 6.54 Å². The van der Waals surface area contributed by atoms with E-state index in [0.717, 1.165) is 6.54 Å². The standard InChI is InChI=1S/C12H20N2/c1-9(2)11-7-6-10(3)12(13-11)8-14(4)5/h6-7,9H,8H2,1-5H3. The van der Waals surface area contributed by atoms with Crippen LogP contribution in [0.5, 0.6) is 0 Å². The summed E-state index contributed by atoms with van der Waals surface area (Å²) in [5.41, 5.74) is 3.66. The van der Waals surface area contributed by atoms with Gasteiger partial charge in [0, 0.05) is 12.2 Å². The zero-order valence-electron chi connectivity index (χ0n) is 9.83. The first-order valence-electron chi connectivity index (χ1n) is 5.12. The molecule has 2 nitrogen and oxygen atoms in total. The zero-order valence-corrected chi connectivity index (χ0v) is 9.83. The van der Waals surface area contributed by atoms with Crippen molar-refractivity contribution in [2.75, 3.05) is 14.1 Å². The number of rotatable bonds is 3. The van der Waals surface area contributed by atoms with Gasteiger partial charge in [-0.15, -0.1) is 0 Å². The Bertz CT molecular complexity index is 303. The second-order valence-corrected chi connectivity index (χ2v) is 4.39. The van der Waals surface area contributed by atoms with E-state index in [4.69, 9.17) is 0 Å². The molecule has 1 heterocycles. The summed E-state index contributed by atoms with van der Waals surface area (Å²) < 4.78 is 0. The fraction of sp³-hybridized carbons (Fsp3) is 0.583. The van der Waals surface area contributed by atoms with Gasteiger partial charge in [-0.2, -0.15) is 0 Å². The highest BCUT2D eigenvalue weighted by Gasteiger charge is 2.05. The molecular formula is C12H20N2. The summed E-state index contributed by atoms with van der Waals surface area (Å²) in [6.45, 7) is 7.40. The molecule has 0 aliphatic rings. The summed E-state index contributed by atoms with van der Waals surface area (Å²) in [7, 11) is 4.15. The minimum absolute atomic E-state index is 0.511. The number of hydrogen-bond acceptors (Lipinski definition) is 2. The van der Waals surface area contributed by atoms with Gasteiger partial charge in [-0.1, -0.05) is 19.9 Å². The third-order valence-electron chi connectivity index (χ3n) is 2.28. The third kappa shape index (κ3) is 2.81. The lowest BCUT2D eigenvalue weighted by Gasteiger charge is -2.13. The molecule has 0 bridgehead atoms. The molecule has 0 aromatic carbocycles. The van der Waals surface area contributed by atoms with Gasteiger partial charge in [-0.25, -0.2) is 0 Å². The van der Waals surface area contributed by atoms with E-state index in [-0.39, 0.29) is 0 Å². The average molecular weight is 192 g/mol. The van der Waals surface area contributed by atoms with Crippen LogP contribution in [-0.4, -0.2) is 24.0 Å². The fourth-order valence-corrected chi connectivity index (χ4v) is 1.37. The molecule has 0 unspecified atom stereocenters. The highest BCUT2D eigenvalue weighted by molar-refractivity contribution is 5.22. The van der Waals surface area contributed by atoms with Crippen LogP contribution in [0.3, 0.4) is 0 Å². The summed E-state index contributed by atoms with van der Waals surface area (Å²) >= 11 is 0. The second kappa shape index (κ2) is 4.56. The van der Waals surface area contributed by atoms with Crippen LogP contribution in [0.15, 0.2) is 12.1 Å². The Morgan fingerprint density at radius 3 is 2.43 bits per heavy atom. The van der Waals surface area contributed by atoms with E-state index in [0.29, 0.717) is 5.92 Å². The topological polar surface area (TPSA) is 16.1 Å². The lowest BCUT2D eigenvalue weighted by atomic mass is 10.1. The Balaban J connectivity index is 2.96. The normalized spacial score (nSPS) is 11.4. The quantitative estimate of drug-likeness (QED) is 0.731. The summed E-state index contributed by atoms with van der Waals surface area (Å²) in [5.74, 6) is 0.511. The van der Waals surface area contributed by atoms with Crippen LogP contribution < -0.4 is 0 Å². The fourth-order valence-electron chi connectivity index (χ4n) is 1.37. The zero-order chi connectivity index (χ0) is 10.7. The van der Waals surface area contributed by atoms with Crippen molar-refractivity contribution in [3.8, 4) is 0 Å². The molecule has 0 N–H and O–H groups in total. The Labute approximate surface area is 87.0 Å². The summed E-state index contributed by atoms with van der Waals surface area (Å²) in [5, 5.41) is 0. The third-order valence-corrected chi connectivity index (χ3v) is 2.28. The van der Waals surface area contributed by atoms with Gasteiger partial charge >= 0.3 is 0 Å². The minimum atomic E-state index is 0.511. The maximum atomic E-state index is 4.67. The average Bonchev–Trinajstić information content (AvgIpc) is 2.07.